The van der Waals surface area contributed by atoms with E-state index in [2.05, 4.69) is 0 Å². The fourth-order valence-corrected chi connectivity index (χ4v) is 2.36. The Labute approximate surface area is 109 Å². The van der Waals surface area contributed by atoms with Gasteiger partial charge < -0.3 is 19.5 Å². The Hall–Kier alpha value is -1.92. The highest BCUT2D eigenvalue weighted by Crippen LogP contribution is 2.27. The number of amides is 1. The monoisotopic (exact) mass is 263 g/mol. The Morgan fingerprint density at radius 1 is 1.32 bits per heavy atom. The highest BCUT2D eigenvalue weighted by atomic mass is 16.7. The van der Waals surface area contributed by atoms with Crippen LogP contribution in [0.25, 0.3) is 0 Å². The van der Waals surface area contributed by atoms with Crippen molar-refractivity contribution in [3.8, 4) is 0 Å². The van der Waals surface area contributed by atoms with Gasteiger partial charge in [-0.1, -0.05) is 30.3 Å². The molecule has 1 N–H and O–H groups in total. The Morgan fingerprint density at radius 2 is 2.05 bits per heavy atom. The zero-order chi connectivity index (χ0) is 13.4. The normalized spacial score (nSPS) is 29.6. The van der Waals surface area contributed by atoms with Crippen LogP contribution >= 0.6 is 0 Å². The molecule has 2 aliphatic rings. The van der Waals surface area contributed by atoms with Crippen LogP contribution in [0.15, 0.2) is 30.3 Å². The molecule has 1 aromatic carbocycles. The summed E-state index contributed by atoms with van der Waals surface area (Å²) in [5.41, 5.74) is 0.990. The molecule has 6 heteroatoms. The van der Waals surface area contributed by atoms with Gasteiger partial charge in [0, 0.05) is 6.54 Å². The fraction of sp³-hybridized carbons (Fsp3) is 0.385. The smallest absolute Gasteiger partial charge is 0.335 e. The first-order chi connectivity index (χ1) is 9.15. The number of carboxylic acid groups (broad SMARTS) is 1. The maximum Gasteiger partial charge on any atom is 0.335 e. The summed E-state index contributed by atoms with van der Waals surface area (Å²) < 4.78 is 10.4. The van der Waals surface area contributed by atoms with Crippen LogP contribution in [-0.2, 0) is 25.6 Å². The van der Waals surface area contributed by atoms with Gasteiger partial charge in [-0.05, 0) is 5.56 Å². The number of hydrogen-bond acceptors (Lipinski definition) is 4. The lowest BCUT2D eigenvalue weighted by atomic mass is 10.1. The van der Waals surface area contributed by atoms with Crippen molar-refractivity contribution in [1.29, 1.82) is 0 Å². The molecular weight excluding hydrogens is 250 g/mol. The van der Waals surface area contributed by atoms with Crippen molar-refractivity contribution in [3.63, 3.8) is 0 Å². The van der Waals surface area contributed by atoms with Gasteiger partial charge in [-0.2, -0.15) is 0 Å². The van der Waals surface area contributed by atoms with Crippen molar-refractivity contribution < 1.29 is 24.2 Å². The number of rotatable bonds is 3. The topological polar surface area (TPSA) is 76.1 Å². The molecule has 2 bridgehead atoms. The van der Waals surface area contributed by atoms with Crippen molar-refractivity contribution >= 4 is 11.9 Å². The predicted molar refractivity (Wildman–Crippen MR) is 63.0 cm³/mol. The van der Waals surface area contributed by atoms with Gasteiger partial charge in [0.25, 0.3) is 5.91 Å². The van der Waals surface area contributed by atoms with E-state index in [0.717, 1.165) is 5.56 Å². The summed E-state index contributed by atoms with van der Waals surface area (Å²) in [6, 6.07) is 9.52. The van der Waals surface area contributed by atoms with Crippen LogP contribution in [0.3, 0.4) is 0 Å². The molecule has 0 saturated carbocycles. The van der Waals surface area contributed by atoms with Crippen LogP contribution in [0.2, 0.25) is 0 Å². The number of morpholine rings is 1. The number of ether oxygens (including phenoxy) is 2. The minimum Gasteiger partial charge on any atom is -0.479 e. The average Bonchev–Trinajstić information content (AvgIpc) is 2.77. The van der Waals surface area contributed by atoms with Crippen molar-refractivity contribution in [2.45, 2.75) is 25.0 Å². The number of hydrogen-bond donors (Lipinski definition) is 1. The van der Waals surface area contributed by atoms with Crippen molar-refractivity contribution in [3.05, 3.63) is 35.9 Å². The minimum absolute atomic E-state index is 0.237. The first-order valence-electron chi connectivity index (χ1n) is 6.01. The van der Waals surface area contributed by atoms with E-state index in [0.29, 0.717) is 6.54 Å². The van der Waals surface area contributed by atoms with Crippen molar-refractivity contribution in [1.82, 2.24) is 4.90 Å². The molecule has 6 nitrogen and oxygen atoms in total. The number of carbonyl (C=O) groups excluding carboxylic acids is 1. The van der Waals surface area contributed by atoms with Gasteiger partial charge in [-0.3, -0.25) is 4.79 Å². The summed E-state index contributed by atoms with van der Waals surface area (Å²) in [6.07, 6.45) is -2.73. The number of aliphatic carboxylic acids is 1. The van der Waals surface area contributed by atoms with E-state index < -0.39 is 24.5 Å². The lowest BCUT2D eigenvalue weighted by Crippen LogP contribution is -2.48. The molecule has 0 aromatic heterocycles. The SMILES string of the molecule is O=C(O)[C@H]1O[C@H]2O[C@H]1CN(Cc1ccccc1)C2=O. The third-order valence-electron chi connectivity index (χ3n) is 3.28. The largest absolute Gasteiger partial charge is 0.479 e. The van der Waals surface area contributed by atoms with Crippen LogP contribution in [-0.4, -0.2) is 46.9 Å². The molecule has 19 heavy (non-hydrogen) atoms. The molecule has 3 rings (SSSR count). The van der Waals surface area contributed by atoms with Crippen LogP contribution in [0.4, 0.5) is 0 Å². The second-order valence-corrected chi connectivity index (χ2v) is 4.61. The molecule has 1 amide bonds. The van der Waals surface area contributed by atoms with Gasteiger partial charge >= 0.3 is 5.97 Å². The molecule has 3 atom stereocenters. The summed E-state index contributed by atoms with van der Waals surface area (Å²) in [4.78, 5) is 24.6. The van der Waals surface area contributed by atoms with Gasteiger partial charge in [0.1, 0.15) is 6.10 Å². The first kappa shape index (κ1) is 12.1. The predicted octanol–water partition coefficient (Wildman–Crippen LogP) is 0.223. The van der Waals surface area contributed by atoms with Gasteiger partial charge in [-0.25, -0.2) is 4.79 Å². The number of carbonyl (C=O) groups is 2. The highest BCUT2D eigenvalue weighted by molar-refractivity contribution is 5.83. The second kappa shape index (κ2) is 4.64. The molecule has 2 saturated heterocycles. The van der Waals surface area contributed by atoms with E-state index in [-0.39, 0.29) is 12.5 Å². The van der Waals surface area contributed by atoms with E-state index in [1.807, 2.05) is 30.3 Å². The third-order valence-corrected chi connectivity index (χ3v) is 3.28. The number of fused-ring (bicyclic) bond motifs is 2. The summed E-state index contributed by atoms with van der Waals surface area (Å²) in [5, 5.41) is 8.99. The van der Waals surface area contributed by atoms with E-state index in [1.165, 1.54) is 0 Å². The maximum absolute atomic E-state index is 12.0. The molecule has 2 fully saturated rings. The molecule has 1 aromatic rings. The van der Waals surface area contributed by atoms with Crippen molar-refractivity contribution in [2.24, 2.45) is 0 Å². The van der Waals surface area contributed by atoms with Gasteiger partial charge in [-0.15, -0.1) is 0 Å². The zero-order valence-corrected chi connectivity index (χ0v) is 10.1. The van der Waals surface area contributed by atoms with Gasteiger partial charge in [0.15, 0.2) is 6.10 Å². The minimum atomic E-state index is -1.10. The van der Waals surface area contributed by atoms with E-state index in [1.54, 1.807) is 4.90 Å². The molecule has 100 valence electrons. The Bertz CT molecular complexity index is 503. The lowest BCUT2D eigenvalue weighted by molar-refractivity contribution is -0.173. The highest BCUT2D eigenvalue weighted by Gasteiger charge is 2.50. The molecule has 0 aliphatic carbocycles. The maximum atomic E-state index is 12.0. The lowest BCUT2D eigenvalue weighted by Gasteiger charge is -2.30. The van der Waals surface area contributed by atoms with Gasteiger partial charge in [0.2, 0.25) is 6.29 Å². The molecule has 0 spiro atoms. The van der Waals surface area contributed by atoms with E-state index in [9.17, 15) is 9.59 Å². The Balaban J connectivity index is 1.75. The summed E-state index contributed by atoms with van der Waals surface area (Å²) >= 11 is 0. The average molecular weight is 263 g/mol. The third kappa shape index (κ3) is 2.20. The van der Waals surface area contributed by atoms with Crippen LogP contribution in [0.5, 0.6) is 0 Å². The first-order valence-corrected chi connectivity index (χ1v) is 6.01. The van der Waals surface area contributed by atoms with Crippen LogP contribution in [0, 0.1) is 0 Å². The van der Waals surface area contributed by atoms with Crippen LogP contribution in [0.1, 0.15) is 5.56 Å². The number of nitrogens with zero attached hydrogens (tertiary/aromatic N) is 1. The van der Waals surface area contributed by atoms with E-state index >= 15 is 0 Å². The molecule has 0 radical (unpaired) electrons. The molecule has 2 heterocycles. The quantitative estimate of drug-likeness (QED) is 0.844. The second-order valence-electron chi connectivity index (χ2n) is 4.61. The molecule has 2 aliphatic heterocycles. The summed E-state index contributed by atoms with van der Waals surface area (Å²) in [6.45, 7) is 0.674. The summed E-state index contributed by atoms with van der Waals surface area (Å²) in [7, 11) is 0. The zero-order valence-electron chi connectivity index (χ0n) is 10.1. The summed E-state index contributed by atoms with van der Waals surface area (Å²) in [5.74, 6) is -1.41. The van der Waals surface area contributed by atoms with Gasteiger partial charge in [0.05, 0.1) is 6.54 Å². The Morgan fingerprint density at radius 3 is 2.74 bits per heavy atom. The Kier molecular flexibility index (Phi) is 2.96. The standard InChI is InChI=1S/C13H13NO5/c15-11-13-18-9(10(19-13)12(16)17)7-14(11)6-8-4-2-1-3-5-8/h1-5,9-10,13H,6-7H2,(H,16,17)/t9-,10-,13+/m0/s1. The molecule has 0 unspecified atom stereocenters. The van der Waals surface area contributed by atoms with Crippen molar-refractivity contribution in [2.75, 3.05) is 6.54 Å². The number of benzene rings is 1. The number of carboxylic acids is 1. The fourth-order valence-electron chi connectivity index (χ4n) is 2.36. The van der Waals surface area contributed by atoms with E-state index in [4.69, 9.17) is 14.6 Å². The molecular formula is C13H13NO5. The van der Waals surface area contributed by atoms with Crippen LogP contribution < -0.4 is 0 Å².